The van der Waals surface area contributed by atoms with E-state index in [-0.39, 0.29) is 0 Å². The molecule has 0 amide bonds. The molecule has 2 aromatic rings. The SMILES string of the molecule is COc1cc(OC)cc(C(O)c2cn(C)cn2)c1. The van der Waals surface area contributed by atoms with E-state index in [0.717, 1.165) is 0 Å². The summed E-state index contributed by atoms with van der Waals surface area (Å²) in [5, 5.41) is 10.3. The molecule has 1 N–H and O–H groups in total. The van der Waals surface area contributed by atoms with Gasteiger partial charge in [-0.3, -0.25) is 0 Å². The van der Waals surface area contributed by atoms with Crippen molar-refractivity contribution >= 4 is 0 Å². The Morgan fingerprint density at radius 1 is 1.17 bits per heavy atom. The van der Waals surface area contributed by atoms with E-state index < -0.39 is 6.10 Å². The minimum atomic E-state index is -0.796. The summed E-state index contributed by atoms with van der Waals surface area (Å²) in [6.45, 7) is 0. The average Bonchev–Trinajstić information content (AvgIpc) is 2.83. The maximum Gasteiger partial charge on any atom is 0.123 e. The first kappa shape index (κ1) is 12.4. The standard InChI is InChI=1S/C13H16N2O3/c1-15-7-12(14-8-15)13(16)9-4-10(17-2)6-11(5-9)18-3/h4-8,13,16H,1-3H3. The fraction of sp³-hybridized carbons (Fsp3) is 0.308. The van der Waals surface area contributed by atoms with Crippen LogP contribution >= 0.6 is 0 Å². The number of methoxy groups -OCH3 is 2. The molecule has 0 saturated carbocycles. The van der Waals surface area contributed by atoms with Gasteiger partial charge in [0.15, 0.2) is 0 Å². The number of imidazole rings is 1. The summed E-state index contributed by atoms with van der Waals surface area (Å²) in [6, 6.07) is 5.29. The first-order chi connectivity index (χ1) is 8.63. The van der Waals surface area contributed by atoms with Crippen molar-refractivity contribution in [3.8, 4) is 11.5 Å². The third-order valence-electron chi connectivity index (χ3n) is 2.69. The summed E-state index contributed by atoms with van der Waals surface area (Å²) in [7, 11) is 5.01. The maximum atomic E-state index is 10.3. The zero-order chi connectivity index (χ0) is 13.1. The van der Waals surface area contributed by atoms with Crippen molar-refractivity contribution in [1.82, 2.24) is 9.55 Å². The van der Waals surface area contributed by atoms with Crippen LogP contribution in [0, 0.1) is 0 Å². The molecule has 5 heteroatoms. The molecule has 96 valence electrons. The molecular weight excluding hydrogens is 232 g/mol. The van der Waals surface area contributed by atoms with Gasteiger partial charge in [0, 0.05) is 19.3 Å². The zero-order valence-corrected chi connectivity index (χ0v) is 10.6. The average molecular weight is 248 g/mol. The van der Waals surface area contributed by atoms with E-state index in [4.69, 9.17) is 9.47 Å². The number of ether oxygens (including phenoxy) is 2. The van der Waals surface area contributed by atoms with Gasteiger partial charge in [0.05, 0.1) is 26.2 Å². The van der Waals surface area contributed by atoms with E-state index in [1.165, 1.54) is 0 Å². The molecule has 5 nitrogen and oxygen atoms in total. The van der Waals surface area contributed by atoms with Gasteiger partial charge in [-0.05, 0) is 17.7 Å². The van der Waals surface area contributed by atoms with Crippen LogP contribution in [0.1, 0.15) is 17.4 Å². The van der Waals surface area contributed by atoms with E-state index in [0.29, 0.717) is 22.8 Å². The summed E-state index contributed by atoms with van der Waals surface area (Å²) < 4.78 is 12.1. The zero-order valence-electron chi connectivity index (χ0n) is 10.6. The lowest BCUT2D eigenvalue weighted by atomic mass is 10.1. The van der Waals surface area contributed by atoms with Gasteiger partial charge in [-0.25, -0.2) is 4.98 Å². The molecule has 0 bridgehead atoms. The highest BCUT2D eigenvalue weighted by molar-refractivity contribution is 5.41. The number of aryl methyl sites for hydroxylation is 1. The molecule has 0 aliphatic rings. The number of aliphatic hydroxyl groups is 1. The fourth-order valence-electron chi connectivity index (χ4n) is 1.73. The van der Waals surface area contributed by atoms with Crippen LogP contribution in [0.25, 0.3) is 0 Å². The highest BCUT2D eigenvalue weighted by Gasteiger charge is 2.15. The number of nitrogens with zero attached hydrogens (tertiary/aromatic N) is 2. The predicted molar refractivity (Wildman–Crippen MR) is 66.8 cm³/mol. The molecule has 0 saturated heterocycles. The van der Waals surface area contributed by atoms with Gasteiger partial charge in [-0.2, -0.15) is 0 Å². The molecule has 0 fully saturated rings. The van der Waals surface area contributed by atoms with Gasteiger partial charge in [0.25, 0.3) is 0 Å². The van der Waals surface area contributed by atoms with Gasteiger partial charge >= 0.3 is 0 Å². The molecule has 0 aliphatic heterocycles. The second kappa shape index (κ2) is 5.10. The Kier molecular flexibility index (Phi) is 3.53. The van der Waals surface area contributed by atoms with Crippen LogP contribution in [0.4, 0.5) is 0 Å². The molecule has 0 radical (unpaired) electrons. The summed E-state index contributed by atoms with van der Waals surface area (Å²) in [4.78, 5) is 4.13. The minimum absolute atomic E-state index is 0.591. The van der Waals surface area contributed by atoms with E-state index in [1.54, 1.807) is 49.5 Å². The molecule has 1 aromatic heterocycles. The van der Waals surface area contributed by atoms with Crippen LogP contribution in [0.15, 0.2) is 30.7 Å². The van der Waals surface area contributed by atoms with E-state index in [2.05, 4.69) is 4.98 Å². The Hall–Kier alpha value is -2.01. The number of hydrogen-bond acceptors (Lipinski definition) is 4. The Labute approximate surface area is 106 Å². The van der Waals surface area contributed by atoms with Gasteiger partial charge in [-0.15, -0.1) is 0 Å². The lowest BCUT2D eigenvalue weighted by Gasteiger charge is -2.12. The molecule has 1 unspecified atom stereocenters. The second-order valence-corrected chi connectivity index (χ2v) is 4.01. The van der Waals surface area contributed by atoms with Gasteiger partial charge in [0.2, 0.25) is 0 Å². The van der Waals surface area contributed by atoms with Gasteiger partial charge in [-0.1, -0.05) is 0 Å². The summed E-state index contributed by atoms with van der Waals surface area (Å²) in [5.41, 5.74) is 1.28. The number of aromatic nitrogens is 2. The van der Waals surface area contributed by atoms with Crippen molar-refractivity contribution in [3.63, 3.8) is 0 Å². The smallest absolute Gasteiger partial charge is 0.123 e. The first-order valence-corrected chi connectivity index (χ1v) is 5.53. The number of hydrogen-bond donors (Lipinski definition) is 1. The normalized spacial score (nSPS) is 12.2. The lowest BCUT2D eigenvalue weighted by molar-refractivity contribution is 0.214. The number of aliphatic hydroxyl groups excluding tert-OH is 1. The highest BCUT2D eigenvalue weighted by atomic mass is 16.5. The van der Waals surface area contributed by atoms with Crippen molar-refractivity contribution in [2.75, 3.05) is 14.2 Å². The Morgan fingerprint density at radius 3 is 2.22 bits per heavy atom. The molecule has 1 heterocycles. The molecular formula is C13H16N2O3. The summed E-state index contributed by atoms with van der Waals surface area (Å²) in [5.74, 6) is 1.28. The fourth-order valence-corrected chi connectivity index (χ4v) is 1.73. The van der Waals surface area contributed by atoms with Crippen LogP contribution in [-0.4, -0.2) is 28.9 Å². The molecule has 2 rings (SSSR count). The summed E-state index contributed by atoms with van der Waals surface area (Å²) in [6.07, 6.45) is 2.63. The van der Waals surface area contributed by atoms with Crippen LogP contribution in [-0.2, 0) is 7.05 Å². The monoisotopic (exact) mass is 248 g/mol. The first-order valence-electron chi connectivity index (χ1n) is 5.53. The molecule has 18 heavy (non-hydrogen) atoms. The van der Waals surface area contributed by atoms with E-state index in [1.807, 2.05) is 7.05 Å². The van der Waals surface area contributed by atoms with Crippen molar-refractivity contribution < 1.29 is 14.6 Å². The van der Waals surface area contributed by atoms with Crippen molar-refractivity contribution in [3.05, 3.63) is 42.0 Å². The van der Waals surface area contributed by atoms with Crippen molar-refractivity contribution in [1.29, 1.82) is 0 Å². The Balaban J connectivity index is 2.37. The van der Waals surface area contributed by atoms with Crippen LogP contribution in [0.3, 0.4) is 0 Å². The third-order valence-corrected chi connectivity index (χ3v) is 2.69. The van der Waals surface area contributed by atoms with Gasteiger partial charge in [0.1, 0.15) is 17.6 Å². The minimum Gasteiger partial charge on any atom is -0.497 e. The quantitative estimate of drug-likeness (QED) is 0.891. The molecule has 0 aliphatic carbocycles. The van der Waals surface area contributed by atoms with Crippen LogP contribution in [0.5, 0.6) is 11.5 Å². The van der Waals surface area contributed by atoms with Crippen molar-refractivity contribution in [2.45, 2.75) is 6.10 Å². The Bertz CT molecular complexity index is 515. The molecule has 0 spiro atoms. The number of benzene rings is 1. The van der Waals surface area contributed by atoms with Crippen LogP contribution < -0.4 is 9.47 Å². The largest absolute Gasteiger partial charge is 0.497 e. The summed E-state index contributed by atoms with van der Waals surface area (Å²) >= 11 is 0. The Morgan fingerprint density at radius 2 is 1.78 bits per heavy atom. The molecule has 1 aromatic carbocycles. The maximum absolute atomic E-state index is 10.3. The third kappa shape index (κ3) is 2.46. The van der Waals surface area contributed by atoms with E-state index >= 15 is 0 Å². The number of rotatable bonds is 4. The van der Waals surface area contributed by atoms with E-state index in [9.17, 15) is 5.11 Å². The second-order valence-electron chi connectivity index (χ2n) is 4.01. The molecule has 1 atom stereocenters. The van der Waals surface area contributed by atoms with Crippen LogP contribution in [0.2, 0.25) is 0 Å². The van der Waals surface area contributed by atoms with Gasteiger partial charge < -0.3 is 19.1 Å². The lowest BCUT2D eigenvalue weighted by Crippen LogP contribution is -2.01. The predicted octanol–water partition coefficient (Wildman–Crippen LogP) is 1.52. The highest BCUT2D eigenvalue weighted by Crippen LogP contribution is 2.29. The van der Waals surface area contributed by atoms with Crippen molar-refractivity contribution in [2.24, 2.45) is 7.05 Å². The topological polar surface area (TPSA) is 56.5 Å².